The molecular weight excluding hydrogens is 374 g/mol. The Morgan fingerprint density at radius 3 is 2.46 bits per heavy atom. The van der Waals surface area contributed by atoms with Crippen molar-refractivity contribution in [3.63, 3.8) is 0 Å². The second-order valence-corrected chi connectivity index (χ2v) is 8.83. The lowest BCUT2D eigenvalue weighted by Gasteiger charge is -2.18. The van der Waals surface area contributed by atoms with Crippen LogP contribution < -0.4 is 9.46 Å². The lowest BCUT2D eigenvalue weighted by atomic mass is 9.94. The van der Waals surface area contributed by atoms with Gasteiger partial charge in [0.15, 0.2) is 0 Å². The van der Waals surface area contributed by atoms with E-state index in [-0.39, 0.29) is 4.90 Å². The Balaban J connectivity index is 1.68. The maximum absolute atomic E-state index is 13.0. The first kappa shape index (κ1) is 18.5. The third-order valence-corrected chi connectivity index (χ3v) is 6.80. The number of hydrogen-bond acceptors (Lipinski definition) is 4. The number of ether oxygens (including phenoxy) is 1. The Labute approximate surface area is 164 Å². The van der Waals surface area contributed by atoms with Gasteiger partial charge in [-0.3, -0.25) is 4.79 Å². The van der Waals surface area contributed by atoms with E-state index in [4.69, 9.17) is 4.74 Å². The van der Waals surface area contributed by atoms with Crippen molar-refractivity contribution in [1.82, 2.24) is 4.72 Å². The van der Waals surface area contributed by atoms with Gasteiger partial charge >= 0.3 is 0 Å². The number of aryl methyl sites for hydroxylation is 1. The van der Waals surface area contributed by atoms with Gasteiger partial charge < -0.3 is 4.74 Å². The number of carbonyl (C=O) groups is 1. The van der Waals surface area contributed by atoms with Crippen molar-refractivity contribution in [1.29, 1.82) is 0 Å². The molecule has 3 aromatic rings. The van der Waals surface area contributed by atoms with Crippen LogP contribution in [-0.4, -0.2) is 21.4 Å². The topological polar surface area (TPSA) is 72.5 Å². The molecule has 144 valence electrons. The van der Waals surface area contributed by atoms with Crippen LogP contribution in [0.4, 0.5) is 0 Å². The Morgan fingerprint density at radius 2 is 1.75 bits per heavy atom. The smallest absolute Gasteiger partial charge is 0.264 e. The van der Waals surface area contributed by atoms with Crippen molar-refractivity contribution in [2.75, 3.05) is 7.11 Å². The van der Waals surface area contributed by atoms with Crippen molar-refractivity contribution in [3.05, 3.63) is 71.8 Å². The number of carbonyl (C=O) groups excluding carboxylic acids is 1. The number of rotatable bonds is 5. The van der Waals surface area contributed by atoms with E-state index in [9.17, 15) is 13.2 Å². The summed E-state index contributed by atoms with van der Waals surface area (Å²) in [6, 6.07) is 17.8. The average Bonchev–Trinajstić information content (AvgIpc) is 3.49. The molecule has 0 unspecified atom stereocenters. The number of amides is 1. The highest BCUT2D eigenvalue weighted by atomic mass is 32.2. The van der Waals surface area contributed by atoms with Crippen LogP contribution in [0.3, 0.4) is 0 Å². The normalized spacial score (nSPS) is 15.2. The summed E-state index contributed by atoms with van der Waals surface area (Å²) in [7, 11) is -2.41. The zero-order chi connectivity index (χ0) is 19.9. The van der Waals surface area contributed by atoms with Gasteiger partial charge in [0, 0.05) is 5.39 Å². The summed E-state index contributed by atoms with van der Waals surface area (Å²) < 4.78 is 33.6. The van der Waals surface area contributed by atoms with E-state index in [1.807, 2.05) is 43.3 Å². The van der Waals surface area contributed by atoms with Crippen LogP contribution in [0.15, 0.2) is 65.6 Å². The van der Waals surface area contributed by atoms with Crippen LogP contribution in [0.25, 0.3) is 10.8 Å². The molecule has 1 amide bonds. The first-order valence-corrected chi connectivity index (χ1v) is 10.6. The number of methoxy groups -OCH3 is 1. The van der Waals surface area contributed by atoms with Crippen LogP contribution >= 0.6 is 0 Å². The summed E-state index contributed by atoms with van der Waals surface area (Å²) in [6.45, 7) is 1.92. The number of hydrogen-bond donors (Lipinski definition) is 1. The van der Waals surface area contributed by atoms with Gasteiger partial charge in [0.05, 0.1) is 17.4 Å². The van der Waals surface area contributed by atoms with E-state index in [2.05, 4.69) is 4.72 Å². The minimum atomic E-state index is -3.99. The Hall–Kier alpha value is -2.86. The average molecular weight is 395 g/mol. The van der Waals surface area contributed by atoms with Gasteiger partial charge in [0.2, 0.25) is 5.91 Å². The summed E-state index contributed by atoms with van der Waals surface area (Å²) in [5, 5.41) is 1.40. The van der Waals surface area contributed by atoms with E-state index < -0.39 is 21.3 Å². The third kappa shape index (κ3) is 3.03. The standard InChI is InChI=1S/C22H21NO4S/c1-15-10-11-17(14-19(15)27-2)22(12-13-22)21(24)23-28(25,26)20-9-5-7-16-6-3-4-8-18(16)20/h3-11,14H,12-13H2,1-2H3,(H,23,24). The molecule has 1 N–H and O–H groups in total. The molecular formula is C22H21NO4S. The third-order valence-electron chi connectivity index (χ3n) is 5.41. The number of benzene rings is 3. The van der Waals surface area contributed by atoms with Crippen molar-refractivity contribution in [2.24, 2.45) is 0 Å². The molecule has 1 aliphatic carbocycles. The fourth-order valence-electron chi connectivity index (χ4n) is 3.59. The Kier molecular flexibility index (Phi) is 4.38. The van der Waals surface area contributed by atoms with Crippen molar-refractivity contribution >= 4 is 26.7 Å². The molecule has 6 heteroatoms. The molecule has 0 saturated heterocycles. The van der Waals surface area contributed by atoms with E-state index in [0.29, 0.717) is 24.0 Å². The summed E-state index contributed by atoms with van der Waals surface area (Å²) in [5.74, 6) is 0.194. The van der Waals surface area contributed by atoms with E-state index >= 15 is 0 Å². The molecule has 3 aromatic carbocycles. The zero-order valence-electron chi connectivity index (χ0n) is 15.7. The van der Waals surface area contributed by atoms with Crippen molar-refractivity contribution < 1.29 is 17.9 Å². The summed E-state index contributed by atoms with van der Waals surface area (Å²) >= 11 is 0. The molecule has 28 heavy (non-hydrogen) atoms. The van der Waals surface area contributed by atoms with Crippen molar-refractivity contribution in [3.8, 4) is 5.75 Å². The maximum atomic E-state index is 13.0. The van der Waals surface area contributed by atoms with Gasteiger partial charge in [-0.1, -0.05) is 48.5 Å². The minimum absolute atomic E-state index is 0.108. The summed E-state index contributed by atoms with van der Waals surface area (Å²) in [5.41, 5.74) is 0.921. The number of nitrogens with one attached hydrogen (secondary N) is 1. The maximum Gasteiger partial charge on any atom is 0.264 e. The fraction of sp³-hybridized carbons (Fsp3) is 0.227. The minimum Gasteiger partial charge on any atom is -0.496 e. The molecule has 1 saturated carbocycles. The molecule has 0 spiro atoms. The lowest BCUT2D eigenvalue weighted by molar-refractivity contribution is -0.121. The molecule has 4 rings (SSSR count). The SMILES string of the molecule is COc1cc(C2(C(=O)NS(=O)(=O)c3cccc4ccccc34)CC2)ccc1C. The first-order chi connectivity index (χ1) is 13.4. The summed E-state index contributed by atoms with van der Waals surface area (Å²) in [6.07, 6.45) is 1.21. The molecule has 0 radical (unpaired) electrons. The van der Waals surface area contributed by atoms with E-state index in [0.717, 1.165) is 16.5 Å². The predicted molar refractivity (Wildman–Crippen MR) is 108 cm³/mol. The molecule has 0 aromatic heterocycles. The van der Waals surface area contributed by atoms with Crippen LogP contribution in [0.1, 0.15) is 24.0 Å². The monoisotopic (exact) mass is 395 g/mol. The van der Waals surface area contributed by atoms with Gasteiger partial charge in [0.25, 0.3) is 10.0 Å². The van der Waals surface area contributed by atoms with Gasteiger partial charge in [-0.2, -0.15) is 0 Å². The van der Waals surface area contributed by atoms with E-state index in [1.54, 1.807) is 25.3 Å². The zero-order valence-corrected chi connectivity index (χ0v) is 16.5. The molecule has 0 bridgehead atoms. The van der Waals surface area contributed by atoms with E-state index in [1.165, 1.54) is 6.07 Å². The fourth-order valence-corrected chi connectivity index (χ4v) is 4.88. The molecule has 1 fully saturated rings. The lowest BCUT2D eigenvalue weighted by Crippen LogP contribution is -2.38. The first-order valence-electron chi connectivity index (χ1n) is 9.07. The molecule has 1 aliphatic rings. The van der Waals surface area contributed by atoms with Crippen LogP contribution in [0.5, 0.6) is 5.75 Å². The van der Waals surface area contributed by atoms with Gasteiger partial charge in [0.1, 0.15) is 5.75 Å². The molecule has 5 nitrogen and oxygen atoms in total. The van der Waals surface area contributed by atoms with Crippen LogP contribution in [-0.2, 0) is 20.2 Å². The van der Waals surface area contributed by atoms with Gasteiger partial charge in [-0.15, -0.1) is 0 Å². The highest BCUT2D eigenvalue weighted by Gasteiger charge is 2.52. The van der Waals surface area contributed by atoms with Gasteiger partial charge in [-0.05, 0) is 48.4 Å². The second kappa shape index (κ2) is 6.63. The number of fused-ring (bicyclic) bond motifs is 1. The highest BCUT2D eigenvalue weighted by molar-refractivity contribution is 7.90. The summed E-state index contributed by atoms with van der Waals surface area (Å²) in [4.78, 5) is 13.1. The van der Waals surface area contributed by atoms with Crippen molar-refractivity contribution in [2.45, 2.75) is 30.1 Å². The van der Waals surface area contributed by atoms with Crippen LogP contribution in [0.2, 0.25) is 0 Å². The number of sulfonamides is 1. The van der Waals surface area contributed by atoms with Crippen LogP contribution in [0, 0.1) is 6.92 Å². The second-order valence-electron chi connectivity index (χ2n) is 7.18. The quantitative estimate of drug-likeness (QED) is 0.715. The van der Waals surface area contributed by atoms with Gasteiger partial charge in [-0.25, -0.2) is 13.1 Å². The highest BCUT2D eigenvalue weighted by Crippen LogP contribution is 2.49. The molecule has 0 aliphatic heterocycles. The Bertz CT molecular complexity index is 1170. The molecule has 0 atom stereocenters. The Morgan fingerprint density at radius 1 is 1.04 bits per heavy atom. The largest absolute Gasteiger partial charge is 0.496 e. The predicted octanol–water partition coefficient (Wildman–Crippen LogP) is 3.69. The molecule has 0 heterocycles.